The Morgan fingerprint density at radius 1 is 1.23 bits per heavy atom. The molecule has 4 nitrogen and oxygen atoms in total. The number of amides is 1. The number of nitrogens with zero attached hydrogens (tertiary/aromatic N) is 2. The summed E-state index contributed by atoms with van der Waals surface area (Å²) in [6.45, 7) is 0. The van der Waals surface area contributed by atoms with Crippen LogP contribution in [0, 0.1) is 17.2 Å². The second-order valence-corrected chi connectivity index (χ2v) is 8.18. The van der Waals surface area contributed by atoms with Gasteiger partial charge in [-0.25, -0.2) is 0 Å². The van der Waals surface area contributed by atoms with Crippen molar-refractivity contribution >= 4 is 17.2 Å². The van der Waals surface area contributed by atoms with Gasteiger partial charge in [-0.05, 0) is 75.3 Å². The van der Waals surface area contributed by atoms with Gasteiger partial charge in [-0.2, -0.15) is 5.26 Å². The second-order valence-electron chi connectivity index (χ2n) is 7.20. The summed E-state index contributed by atoms with van der Waals surface area (Å²) in [5, 5.41) is 14.3. The molecule has 0 bridgehead atoms. The molecular weight excluding hydrogens is 342 g/mol. The number of nitrogens with one attached hydrogen (secondary N) is 1. The van der Waals surface area contributed by atoms with Crippen LogP contribution in [0.1, 0.15) is 52.5 Å². The van der Waals surface area contributed by atoms with E-state index in [1.54, 1.807) is 24.3 Å². The van der Waals surface area contributed by atoms with Crippen LogP contribution >= 0.6 is 11.3 Å². The fraction of sp³-hybridized carbons (Fsp3) is 0.429. The van der Waals surface area contributed by atoms with Crippen LogP contribution < -0.4 is 5.32 Å². The van der Waals surface area contributed by atoms with Gasteiger partial charge in [0.25, 0.3) is 5.91 Å². The van der Waals surface area contributed by atoms with E-state index in [0.29, 0.717) is 23.1 Å². The zero-order chi connectivity index (χ0) is 18.5. The molecule has 1 amide bonds. The molecule has 26 heavy (non-hydrogen) atoms. The molecule has 2 aromatic rings. The summed E-state index contributed by atoms with van der Waals surface area (Å²) < 4.78 is 0. The monoisotopic (exact) mass is 367 g/mol. The predicted octanol–water partition coefficient (Wildman–Crippen LogP) is 4.21. The van der Waals surface area contributed by atoms with E-state index in [9.17, 15) is 4.79 Å². The van der Waals surface area contributed by atoms with Gasteiger partial charge in [0.2, 0.25) is 0 Å². The number of hydrogen-bond donors (Lipinski definition) is 1. The molecule has 0 radical (unpaired) electrons. The highest BCUT2D eigenvalue weighted by atomic mass is 32.1. The second kappa shape index (κ2) is 8.48. The van der Waals surface area contributed by atoms with Crippen molar-refractivity contribution in [3.63, 3.8) is 0 Å². The van der Waals surface area contributed by atoms with Crippen LogP contribution in [0.5, 0.6) is 0 Å². The van der Waals surface area contributed by atoms with Crippen molar-refractivity contribution < 1.29 is 4.79 Å². The smallest absolute Gasteiger partial charge is 0.251 e. The predicted molar refractivity (Wildman–Crippen MR) is 105 cm³/mol. The molecule has 1 heterocycles. The standard InChI is InChI=1S/C21H25N3OS/c1-24(2)20(19-7-4-12-26-19)16-8-10-18(11-9-16)23-21(25)17-6-3-5-15(13-17)14-22/h3-7,12-13,16,18,20H,8-11H2,1-2H3,(H,23,25). The van der Waals surface area contributed by atoms with Gasteiger partial charge in [0.15, 0.2) is 0 Å². The van der Waals surface area contributed by atoms with E-state index in [1.165, 1.54) is 4.88 Å². The van der Waals surface area contributed by atoms with Crippen molar-refractivity contribution in [1.82, 2.24) is 10.2 Å². The molecule has 1 fully saturated rings. The molecule has 1 aliphatic rings. The van der Waals surface area contributed by atoms with Crippen molar-refractivity contribution in [2.75, 3.05) is 14.1 Å². The first-order valence-corrected chi connectivity index (χ1v) is 9.97. The van der Waals surface area contributed by atoms with E-state index < -0.39 is 0 Å². The average Bonchev–Trinajstić information content (AvgIpc) is 3.17. The summed E-state index contributed by atoms with van der Waals surface area (Å²) in [4.78, 5) is 16.2. The van der Waals surface area contributed by atoms with Gasteiger partial charge in [0.05, 0.1) is 11.6 Å². The lowest BCUT2D eigenvalue weighted by molar-refractivity contribution is 0.0907. The first-order valence-electron chi connectivity index (χ1n) is 9.09. The van der Waals surface area contributed by atoms with E-state index in [0.717, 1.165) is 25.7 Å². The molecule has 0 spiro atoms. The summed E-state index contributed by atoms with van der Waals surface area (Å²) >= 11 is 1.83. The minimum absolute atomic E-state index is 0.0760. The Balaban J connectivity index is 1.58. The molecule has 1 atom stereocenters. The fourth-order valence-electron chi connectivity index (χ4n) is 3.95. The van der Waals surface area contributed by atoms with Gasteiger partial charge < -0.3 is 10.2 Å². The first-order chi connectivity index (χ1) is 12.6. The Morgan fingerprint density at radius 2 is 2.00 bits per heavy atom. The number of hydrogen-bond acceptors (Lipinski definition) is 4. The number of nitriles is 1. The molecule has 136 valence electrons. The third-order valence-corrected chi connectivity index (χ3v) is 6.14. The number of carbonyl (C=O) groups is 1. The highest BCUT2D eigenvalue weighted by molar-refractivity contribution is 7.10. The van der Waals surface area contributed by atoms with E-state index >= 15 is 0 Å². The zero-order valence-electron chi connectivity index (χ0n) is 15.3. The molecule has 3 rings (SSSR count). The molecule has 0 aliphatic heterocycles. The lowest BCUT2D eigenvalue weighted by atomic mass is 9.80. The number of benzene rings is 1. The van der Waals surface area contributed by atoms with Crippen LogP contribution in [-0.4, -0.2) is 30.9 Å². The Morgan fingerprint density at radius 3 is 2.62 bits per heavy atom. The molecule has 1 aromatic heterocycles. The maximum Gasteiger partial charge on any atom is 0.251 e. The number of thiophene rings is 1. The molecule has 5 heteroatoms. The average molecular weight is 368 g/mol. The van der Waals surface area contributed by atoms with Crippen LogP contribution in [-0.2, 0) is 0 Å². The Hall–Kier alpha value is -2.16. The van der Waals surface area contributed by atoms with Gasteiger partial charge >= 0.3 is 0 Å². The zero-order valence-corrected chi connectivity index (χ0v) is 16.1. The summed E-state index contributed by atoms with van der Waals surface area (Å²) in [7, 11) is 4.31. The minimum atomic E-state index is -0.0760. The Kier molecular flexibility index (Phi) is 6.08. The summed E-state index contributed by atoms with van der Waals surface area (Å²) in [6.07, 6.45) is 4.24. The van der Waals surface area contributed by atoms with Crippen molar-refractivity contribution in [3.8, 4) is 6.07 Å². The normalized spacial score (nSPS) is 21.2. The van der Waals surface area contributed by atoms with Crippen LogP contribution in [0.3, 0.4) is 0 Å². The largest absolute Gasteiger partial charge is 0.349 e. The third kappa shape index (κ3) is 4.32. The maximum atomic E-state index is 12.5. The molecule has 0 saturated heterocycles. The summed E-state index contributed by atoms with van der Waals surface area (Å²) in [5.41, 5.74) is 1.09. The van der Waals surface area contributed by atoms with Gasteiger partial charge in [0.1, 0.15) is 0 Å². The first kappa shape index (κ1) is 18.6. The van der Waals surface area contributed by atoms with Gasteiger partial charge in [-0.15, -0.1) is 11.3 Å². The fourth-order valence-corrected chi connectivity index (χ4v) is 4.96. The van der Waals surface area contributed by atoms with Crippen LogP contribution in [0.25, 0.3) is 0 Å². The molecule has 1 aliphatic carbocycles. The third-order valence-electron chi connectivity index (χ3n) is 5.20. The topological polar surface area (TPSA) is 56.1 Å². The molecule has 1 N–H and O–H groups in total. The van der Waals surface area contributed by atoms with Crippen molar-refractivity contribution in [2.24, 2.45) is 5.92 Å². The number of rotatable bonds is 5. The van der Waals surface area contributed by atoms with Crippen LogP contribution in [0.2, 0.25) is 0 Å². The van der Waals surface area contributed by atoms with E-state index in [4.69, 9.17) is 5.26 Å². The minimum Gasteiger partial charge on any atom is -0.349 e. The van der Waals surface area contributed by atoms with E-state index in [1.807, 2.05) is 11.3 Å². The van der Waals surface area contributed by atoms with Crippen LogP contribution in [0.15, 0.2) is 41.8 Å². The van der Waals surface area contributed by atoms with Crippen molar-refractivity contribution in [2.45, 2.75) is 37.8 Å². The number of carbonyl (C=O) groups excluding carboxylic acids is 1. The summed E-state index contributed by atoms with van der Waals surface area (Å²) in [6, 6.07) is 14.0. The van der Waals surface area contributed by atoms with Crippen molar-refractivity contribution in [1.29, 1.82) is 5.26 Å². The maximum absolute atomic E-state index is 12.5. The molecule has 1 saturated carbocycles. The van der Waals surface area contributed by atoms with Crippen molar-refractivity contribution in [3.05, 3.63) is 57.8 Å². The summed E-state index contributed by atoms with van der Waals surface area (Å²) in [5.74, 6) is 0.548. The van der Waals surface area contributed by atoms with E-state index in [2.05, 4.69) is 47.9 Å². The van der Waals surface area contributed by atoms with Gasteiger partial charge in [-0.3, -0.25) is 4.79 Å². The van der Waals surface area contributed by atoms with E-state index in [-0.39, 0.29) is 11.9 Å². The van der Waals surface area contributed by atoms with Gasteiger partial charge in [0, 0.05) is 22.5 Å². The molecule has 1 aromatic carbocycles. The molecular formula is C21H25N3OS. The Labute approximate surface area is 159 Å². The quantitative estimate of drug-likeness (QED) is 0.861. The Bertz CT molecular complexity index is 771. The SMILES string of the molecule is CN(C)C(c1cccs1)C1CCC(NC(=O)c2cccc(C#N)c2)CC1. The highest BCUT2D eigenvalue weighted by Crippen LogP contribution is 2.39. The van der Waals surface area contributed by atoms with Gasteiger partial charge in [-0.1, -0.05) is 12.1 Å². The highest BCUT2D eigenvalue weighted by Gasteiger charge is 2.31. The van der Waals surface area contributed by atoms with Crippen LogP contribution in [0.4, 0.5) is 0 Å². The molecule has 1 unspecified atom stereocenters. The lowest BCUT2D eigenvalue weighted by Crippen LogP contribution is -2.39. The lowest BCUT2D eigenvalue weighted by Gasteiger charge is -2.37.